The van der Waals surface area contributed by atoms with Gasteiger partial charge in [0.1, 0.15) is 10.6 Å². The van der Waals surface area contributed by atoms with Gasteiger partial charge in [-0.3, -0.25) is 14.7 Å². The van der Waals surface area contributed by atoms with Crippen LogP contribution in [0.2, 0.25) is 0 Å². The van der Waals surface area contributed by atoms with Crippen LogP contribution in [0.3, 0.4) is 0 Å². The van der Waals surface area contributed by atoms with Crippen LogP contribution in [0.25, 0.3) is 10.8 Å². The molecule has 0 atom stereocenters. The van der Waals surface area contributed by atoms with Crippen molar-refractivity contribution in [1.82, 2.24) is 0 Å². The van der Waals surface area contributed by atoms with Gasteiger partial charge in [0, 0.05) is 23.2 Å². The summed E-state index contributed by atoms with van der Waals surface area (Å²) in [4.78, 5) is 9.48. The van der Waals surface area contributed by atoms with E-state index in [-0.39, 0.29) is 11.4 Å². The Balaban J connectivity index is 2.16. The molecule has 9 heteroatoms. The van der Waals surface area contributed by atoms with Crippen LogP contribution < -0.4 is 5.32 Å². The predicted octanol–water partition coefficient (Wildman–Crippen LogP) is 3.44. The normalized spacial score (nSPS) is 11.4. The summed E-state index contributed by atoms with van der Waals surface area (Å²) in [6, 6.07) is 13.0. The van der Waals surface area contributed by atoms with Gasteiger partial charge in [0.2, 0.25) is 0 Å². The van der Waals surface area contributed by atoms with Gasteiger partial charge in [-0.05, 0) is 29.7 Å². The van der Waals surface area contributed by atoms with Crippen molar-refractivity contribution in [2.45, 2.75) is 4.90 Å². The van der Waals surface area contributed by atoms with Crippen molar-refractivity contribution >= 4 is 38.0 Å². The molecule has 0 aliphatic heterocycles. The molecule has 0 fully saturated rings. The third-order valence-electron chi connectivity index (χ3n) is 3.59. The zero-order valence-corrected chi connectivity index (χ0v) is 13.4. The number of aromatic hydroxyl groups is 1. The minimum Gasteiger partial charge on any atom is -0.508 e. The minimum atomic E-state index is -4.69. The van der Waals surface area contributed by atoms with Crippen molar-refractivity contribution in [3.8, 4) is 5.75 Å². The van der Waals surface area contributed by atoms with E-state index in [0.29, 0.717) is 11.1 Å². The molecule has 3 aromatic carbocycles. The predicted molar refractivity (Wildman–Crippen MR) is 91.8 cm³/mol. The number of nitro benzene ring substituents is 1. The molecule has 0 radical (unpaired) electrons. The Kier molecular flexibility index (Phi) is 4.03. The Morgan fingerprint density at radius 1 is 1.00 bits per heavy atom. The Hall–Kier alpha value is -3.17. The molecule has 0 aromatic heterocycles. The fourth-order valence-corrected chi connectivity index (χ4v) is 3.12. The van der Waals surface area contributed by atoms with Crippen molar-refractivity contribution < 1.29 is 23.0 Å². The Morgan fingerprint density at radius 2 is 1.76 bits per heavy atom. The molecule has 128 valence electrons. The maximum Gasteiger partial charge on any atom is 0.296 e. The number of rotatable bonds is 4. The summed E-state index contributed by atoms with van der Waals surface area (Å²) in [5.74, 6) is 0.0282. The van der Waals surface area contributed by atoms with E-state index in [2.05, 4.69) is 5.32 Å². The fraction of sp³-hybridized carbons (Fsp3) is 0. The molecule has 0 saturated carbocycles. The molecule has 0 aliphatic carbocycles. The molecule has 8 nitrogen and oxygen atoms in total. The lowest BCUT2D eigenvalue weighted by atomic mass is 10.1. The topological polar surface area (TPSA) is 130 Å². The van der Waals surface area contributed by atoms with Gasteiger partial charge in [0.05, 0.1) is 10.6 Å². The monoisotopic (exact) mass is 360 g/mol. The van der Waals surface area contributed by atoms with Crippen LogP contribution in [0, 0.1) is 10.1 Å². The second-order valence-electron chi connectivity index (χ2n) is 5.25. The van der Waals surface area contributed by atoms with Gasteiger partial charge in [-0.15, -0.1) is 0 Å². The maximum absolute atomic E-state index is 11.6. The Labute approximate surface area is 142 Å². The average Bonchev–Trinajstić information content (AvgIpc) is 2.54. The molecule has 0 aliphatic rings. The van der Waals surface area contributed by atoms with Crippen molar-refractivity contribution in [1.29, 1.82) is 0 Å². The van der Waals surface area contributed by atoms with E-state index < -0.39 is 25.6 Å². The second kappa shape index (κ2) is 6.04. The number of non-ortho nitro benzene ring substituents is 1. The van der Waals surface area contributed by atoms with Gasteiger partial charge in [-0.2, -0.15) is 8.42 Å². The standard InChI is InChI=1S/C16H12N2O6S/c19-12-6-4-10-2-1-3-14(13(10)9-12)17-15-7-5-11(18(20)21)8-16(15)25(22,23)24/h1-9,17,19H,(H,22,23,24). The first kappa shape index (κ1) is 16.7. The zero-order valence-electron chi connectivity index (χ0n) is 12.6. The van der Waals surface area contributed by atoms with Crippen molar-refractivity contribution in [2.24, 2.45) is 0 Å². The number of phenols is 1. The molecule has 3 N–H and O–H groups in total. The highest BCUT2D eigenvalue weighted by Gasteiger charge is 2.20. The number of anilines is 2. The van der Waals surface area contributed by atoms with E-state index in [1.165, 1.54) is 18.2 Å². The van der Waals surface area contributed by atoms with Gasteiger partial charge in [-0.1, -0.05) is 18.2 Å². The van der Waals surface area contributed by atoms with E-state index in [9.17, 15) is 28.2 Å². The molecular weight excluding hydrogens is 348 g/mol. The Bertz CT molecular complexity index is 1090. The first-order valence-corrected chi connectivity index (χ1v) is 8.44. The molecule has 0 unspecified atom stereocenters. The molecule has 3 aromatic rings. The first-order valence-electron chi connectivity index (χ1n) is 7.00. The average molecular weight is 360 g/mol. The first-order chi connectivity index (χ1) is 11.8. The van der Waals surface area contributed by atoms with E-state index in [4.69, 9.17) is 0 Å². The molecule has 0 bridgehead atoms. The summed E-state index contributed by atoms with van der Waals surface area (Å²) in [6.45, 7) is 0. The smallest absolute Gasteiger partial charge is 0.296 e. The highest BCUT2D eigenvalue weighted by atomic mass is 32.2. The minimum absolute atomic E-state index is 0.0241. The van der Waals surface area contributed by atoms with E-state index >= 15 is 0 Å². The summed E-state index contributed by atoms with van der Waals surface area (Å²) in [5, 5.41) is 24.8. The lowest BCUT2D eigenvalue weighted by Gasteiger charge is -2.13. The largest absolute Gasteiger partial charge is 0.508 e. The van der Waals surface area contributed by atoms with Crippen LogP contribution in [-0.4, -0.2) is 23.0 Å². The summed E-state index contributed by atoms with van der Waals surface area (Å²) in [5.41, 5.74) is -0.0233. The molecule has 0 spiro atoms. The number of nitrogens with one attached hydrogen (secondary N) is 1. The third-order valence-corrected chi connectivity index (χ3v) is 4.48. The highest BCUT2D eigenvalue weighted by Crippen LogP contribution is 2.33. The van der Waals surface area contributed by atoms with Crippen molar-refractivity contribution in [3.63, 3.8) is 0 Å². The van der Waals surface area contributed by atoms with Gasteiger partial charge < -0.3 is 10.4 Å². The number of benzene rings is 3. The fourth-order valence-electron chi connectivity index (χ4n) is 2.46. The van der Waals surface area contributed by atoms with E-state index in [1.807, 2.05) is 0 Å². The molecular formula is C16H12N2O6S. The van der Waals surface area contributed by atoms with Crippen LogP contribution in [0.15, 0.2) is 59.5 Å². The molecule has 3 rings (SSSR count). The van der Waals surface area contributed by atoms with Crippen LogP contribution in [-0.2, 0) is 10.1 Å². The molecule has 25 heavy (non-hydrogen) atoms. The van der Waals surface area contributed by atoms with Crippen LogP contribution in [0.1, 0.15) is 0 Å². The van der Waals surface area contributed by atoms with Crippen molar-refractivity contribution in [3.05, 3.63) is 64.7 Å². The molecule has 0 heterocycles. The number of nitrogens with zero attached hydrogens (tertiary/aromatic N) is 1. The van der Waals surface area contributed by atoms with Crippen LogP contribution >= 0.6 is 0 Å². The van der Waals surface area contributed by atoms with Gasteiger partial charge >= 0.3 is 0 Å². The number of hydrogen-bond acceptors (Lipinski definition) is 6. The lowest BCUT2D eigenvalue weighted by molar-refractivity contribution is -0.385. The number of hydrogen-bond donors (Lipinski definition) is 3. The zero-order chi connectivity index (χ0) is 18.2. The second-order valence-corrected chi connectivity index (χ2v) is 6.64. The highest BCUT2D eigenvalue weighted by molar-refractivity contribution is 7.86. The number of nitro groups is 1. The maximum atomic E-state index is 11.6. The lowest BCUT2D eigenvalue weighted by Crippen LogP contribution is -2.04. The quantitative estimate of drug-likeness (QED) is 0.369. The van der Waals surface area contributed by atoms with E-state index in [1.54, 1.807) is 24.3 Å². The molecule has 0 amide bonds. The Morgan fingerprint density at radius 3 is 2.44 bits per heavy atom. The van der Waals surface area contributed by atoms with Gasteiger partial charge in [0.25, 0.3) is 15.8 Å². The number of phenolic OH excluding ortho intramolecular Hbond substituents is 1. The van der Waals surface area contributed by atoms with Crippen LogP contribution in [0.5, 0.6) is 5.75 Å². The van der Waals surface area contributed by atoms with Crippen LogP contribution in [0.4, 0.5) is 17.1 Å². The SMILES string of the molecule is O=[N+]([O-])c1ccc(Nc2cccc3ccc(O)cc23)c(S(=O)(=O)O)c1. The summed E-state index contributed by atoms with van der Waals surface area (Å²) >= 11 is 0. The summed E-state index contributed by atoms with van der Waals surface area (Å²) < 4.78 is 32.6. The van der Waals surface area contributed by atoms with E-state index in [0.717, 1.165) is 17.5 Å². The third kappa shape index (κ3) is 3.37. The summed E-state index contributed by atoms with van der Waals surface area (Å²) in [7, 11) is -4.69. The van der Waals surface area contributed by atoms with Gasteiger partial charge in [-0.25, -0.2) is 0 Å². The van der Waals surface area contributed by atoms with Gasteiger partial charge in [0.15, 0.2) is 0 Å². The number of fused-ring (bicyclic) bond motifs is 1. The van der Waals surface area contributed by atoms with Crippen molar-refractivity contribution in [2.75, 3.05) is 5.32 Å². The summed E-state index contributed by atoms with van der Waals surface area (Å²) in [6.07, 6.45) is 0. The molecule has 0 saturated heterocycles.